The zero-order chi connectivity index (χ0) is 12.8. The van der Waals surface area contributed by atoms with Crippen LogP contribution < -0.4 is 11.2 Å². The molecule has 0 atom stereocenters. The normalized spacial score (nSPS) is 10.7. The van der Waals surface area contributed by atoms with Crippen molar-refractivity contribution in [1.29, 1.82) is 0 Å². The zero-order valence-corrected chi connectivity index (χ0v) is 10.2. The average Bonchev–Trinajstić information content (AvgIpc) is 2.30. The van der Waals surface area contributed by atoms with Gasteiger partial charge in [0.15, 0.2) is 0 Å². The SMILES string of the molecule is CCCOCCCn1c(O)c(C)c(=O)[nH]c1=O. The van der Waals surface area contributed by atoms with Gasteiger partial charge in [-0.15, -0.1) is 0 Å². The quantitative estimate of drug-likeness (QED) is 0.706. The standard InChI is InChI=1S/C11H18N2O4/c1-3-6-17-7-4-5-13-10(15)8(2)9(14)12-11(13)16/h15H,3-7H2,1-2H3,(H,12,14,16). The number of ether oxygens (including phenoxy) is 1. The minimum Gasteiger partial charge on any atom is -0.494 e. The summed E-state index contributed by atoms with van der Waals surface area (Å²) >= 11 is 0. The predicted octanol–water partition coefficient (Wildman–Crippen LogP) is 0.367. The van der Waals surface area contributed by atoms with Gasteiger partial charge in [-0.1, -0.05) is 6.92 Å². The van der Waals surface area contributed by atoms with Gasteiger partial charge < -0.3 is 9.84 Å². The Balaban J connectivity index is 2.69. The first kappa shape index (κ1) is 13.5. The molecule has 0 aliphatic rings. The third-order valence-corrected chi connectivity index (χ3v) is 2.42. The Kier molecular flexibility index (Phi) is 4.96. The second-order valence-electron chi connectivity index (χ2n) is 3.83. The number of aromatic hydroxyl groups is 1. The molecule has 0 radical (unpaired) electrons. The van der Waals surface area contributed by atoms with Crippen LogP contribution >= 0.6 is 0 Å². The topological polar surface area (TPSA) is 84.3 Å². The molecule has 0 spiro atoms. The first-order chi connectivity index (χ1) is 8.07. The van der Waals surface area contributed by atoms with E-state index in [2.05, 4.69) is 4.98 Å². The molecule has 0 saturated heterocycles. The van der Waals surface area contributed by atoms with Gasteiger partial charge in [-0.25, -0.2) is 4.79 Å². The molecule has 17 heavy (non-hydrogen) atoms. The highest BCUT2D eigenvalue weighted by atomic mass is 16.5. The first-order valence-electron chi connectivity index (χ1n) is 5.68. The summed E-state index contributed by atoms with van der Waals surface area (Å²) < 4.78 is 6.41. The fourth-order valence-electron chi connectivity index (χ4n) is 1.44. The second-order valence-corrected chi connectivity index (χ2v) is 3.83. The monoisotopic (exact) mass is 242 g/mol. The van der Waals surface area contributed by atoms with Crippen molar-refractivity contribution in [2.45, 2.75) is 33.2 Å². The van der Waals surface area contributed by atoms with Gasteiger partial charge >= 0.3 is 5.69 Å². The molecule has 96 valence electrons. The number of hydrogen-bond acceptors (Lipinski definition) is 4. The van der Waals surface area contributed by atoms with Crippen molar-refractivity contribution in [3.05, 3.63) is 26.4 Å². The van der Waals surface area contributed by atoms with E-state index in [0.717, 1.165) is 11.0 Å². The largest absolute Gasteiger partial charge is 0.494 e. The maximum absolute atomic E-state index is 11.4. The van der Waals surface area contributed by atoms with E-state index in [1.54, 1.807) is 0 Å². The van der Waals surface area contributed by atoms with Crippen molar-refractivity contribution in [2.75, 3.05) is 13.2 Å². The van der Waals surface area contributed by atoms with E-state index in [9.17, 15) is 14.7 Å². The van der Waals surface area contributed by atoms with Gasteiger partial charge in [0.1, 0.15) is 0 Å². The fraction of sp³-hybridized carbons (Fsp3) is 0.636. The lowest BCUT2D eigenvalue weighted by atomic mass is 10.3. The van der Waals surface area contributed by atoms with Gasteiger partial charge in [0.05, 0.1) is 5.56 Å². The predicted molar refractivity (Wildman–Crippen MR) is 63.5 cm³/mol. The lowest BCUT2D eigenvalue weighted by Crippen LogP contribution is -2.31. The molecule has 6 nitrogen and oxygen atoms in total. The maximum Gasteiger partial charge on any atom is 0.331 e. The summed E-state index contributed by atoms with van der Waals surface area (Å²) in [5.74, 6) is -0.269. The molecule has 0 saturated carbocycles. The third-order valence-electron chi connectivity index (χ3n) is 2.42. The average molecular weight is 242 g/mol. The summed E-state index contributed by atoms with van der Waals surface area (Å²) in [6.07, 6.45) is 1.56. The molecule has 0 bridgehead atoms. The van der Waals surface area contributed by atoms with Crippen LogP contribution in [0.25, 0.3) is 0 Å². The highest BCUT2D eigenvalue weighted by molar-refractivity contribution is 5.20. The van der Waals surface area contributed by atoms with Gasteiger partial charge in [0, 0.05) is 19.8 Å². The molecule has 0 fully saturated rings. The fourth-order valence-corrected chi connectivity index (χ4v) is 1.44. The highest BCUT2D eigenvalue weighted by Crippen LogP contribution is 2.08. The summed E-state index contributed by atoms with van der Waals surface area (Å²) in [6.45, 7) is 5.02. The minimum atomic E-state index is -0.589. The van der Waals surface area contributed by atoms with Crippen molar-refractivity contribution in [2.24, 2.45) is 0 Å². The smallest absolute Gasteiger partial charge is 0.331 e. The molecule has 0 amide bonds. The Morgan fingerprint density at radius 1 is 1.35 bits per heavy atom. The van der Waals surface area contributed by atoms with E-state index < -0.39 is 11.2 Å². The number of hydrogen-bond donors (Lipinski definition) is 2. The van der Waals surface area contributed by atoms with Gasteiger partial charge in [-0.05, 0) is 19.8 Å². The van der Waals surface area contributed by atoms with E-state index in [4.69, 9.17) is 4.74 Å². The molecule has 0 aliphatic carbocycles. The van der Waals surface area contributed by atoms with Crippen LogP contribution in [0.5, 0.6) is 5.88 Å². The summed E-state index contributed by atoms with van der Waals surface area (Å²) in [4.78, 5) is 24.8. The number of aromatic nitrogens is 2. The van der Waals surface area contributed by atoms with Crippen LogP contribution in [0.3, 0.4) is 0 Å². The number of nitrogens with one attached hydrogen (secondary N) is 1. The molecule has 0 aromatic carbocycles. The Morgan fingerprint density at radius 2 is 2.06 bits per heavy atom. The van der Waals surface area contributed by atoms with Gasteiger partial charge in [-0.2, -0.15) is 0 Å². The van der Waals surface area contributed by atoms with E-state index in [0.29, 0.717) is 26.2 Å². The summed E-state index contributed by atoms with van der Waals surface area (Å²) in [5, 5.41) is 9.66. The van der Waals surface area contributed by atoms with E-state index in [1.165, 1.54) is 6.92 Å². The molecule has 1 aromatic rings. The lowest BCUT2D eigenvalue weighted by Gasteiger charge is -2.09. The van der Waals surface area contributed by atoms with Gasteiger partial charge in [0.25, 0.3) is 5.56 Å². The lowest BCUT2D eigenvalue weighted by molar-refractivity contribution is 0.128. The van der Waals surface area contributed by atoms with Crippen molar-refractivity contribution in [3.63, 3.8) is 0 Å². The molecule has 1 heterocycles. The van der Waals surface area contributed by atoms with Crippen molar-refractivity contribution < 1.29 is 9.84 Å². The second kappa shape index (κ2) is 6.24. The molecule has 1 rings (SSSR count). The van der Waals surface area contributed by atoms with Crippen LogP contribution in [-0.2, 0) is 11.3 Å². The Hall–Kier alpha value is -1.56. The number of H-pyrrole nitrogens is 1. The Morgan fingerprint density at radius 3 is 2.71 bits per heavy atom. The Bertz CT molecular complexity index is 475. The van der Waals surface area contributed by atoms with Gasteiger partial charge in [-0.3, -0.25) is 14.3 Å². The van der Waals surface area contributed by atoms with Crippen molar-refractivity contribution in [1.82, 2.24) is 9.55 Å². The third kappa shape index (κ3) is 3.45. The first-order valence-corrected chi connectivity index (χ1v) is 5.68. The molecular formula is C11H18N2O4. The van der Waals surface area contributed by atoms with Crippen molar-refractivity contribution >= 4 is 0 Å². The summed E-state index contributed by atoms with van der Waals surface area (Å²) in [5.41, 5.74) is -0.987. The molecule has 6 heteroatoms. The van der Waals surface area contributed by atoms with Crippen LogP contribution in [0, 0.1) is 6.92 Å². The highest BCUT2D eigenvalue weighted by Gasteiger charge is 2.09. The molecule has 2 N–H and O–H groups in total. The van der Waals surface area contributed by atoms with E-state index in [1.807, 2.05) is 6.92 Å². The molecule has 0 aliphatic heterocycles. The van der Waals surface area contributed by atoms with Crippen LogP contribution in [0.15, 0.2) is 9.59 Å². The maximum atomic E-state index is 11.4. The molecule has 0 unspecified atom stereocenters. The van der Waals surface area contributed by atoms with Crippen LogP contribution in [0.4, 0.5) is 0 Å². The van der Waals surface area contributed by atoms with Gasteiger partial charge in [0.2, 0.25) is 5.88 Å². The molecular weight excluding hydrogens is 224 g/mol. The number of nitrogens with zero attached hydrogens (tertiary/aromatic N) is 1. The zero-order valence-electron chi connectivity index (χ0n) is 10.2. The van der Waals surface area contributed by atoms with E-state index >= 15 is 0 Å². The Labute approximate surface area is 98.9 Å². The van der Waals surface area contributed by atoms with Crippen molar-refractivity contribution in [3.8, 4) is 5.88 Å². The molecule has 1 aromatic heterocycles. The minimum absolute atomic E-state index is 0.152. The number of aromatic amines is 1. The summed E-state index contributed by atoms with van der Waals surface area (Å²) in [7, 11) is 0. The van der Waals surface area contributed by atoms with Crippen LogP contribution in [-0.4, -0.2) is 27.9 Å². The van der Waals surface area contributed by atoms with Crippen LogP contribution in [0.2, 0.25) is 0 Å². The number of rotatable bonds is 6. The van der Waals surface area contributed by atoms with E-state index in [-0.39, 0.29) is 11.4 Å². The summed E-state index contributed by atoms with van der Waals surface area (Å²) in [6, 6.07) is 0. The van der Waals surface area contributed by atoms with Crippen LogP contribution in [0.1, 0.15) is 25.3 Å².